The van der Waals surface area contributed by atoms with Gasteiger partial charge in [0.2, 0.25) is 0 Å². The largest absolute Gasteiger partial charge is 0.377 e. The van der Waals surface area contributed by atoms with Crippen molar-refractivity contribution in [3.05, 3.63) is 35.0 Å². The molecule has 1 saturated heterocycles. The molecule has 1 aliphatic rings. The highest BCUT2D eigenvalue weighted by Crippen LogP contribution is 2.10. The molecule has 3 rings (SSSR count). The van der Waals surface area contributed by atoms with Gasteiger partial charge >= 0.3 is 0 Å². The second-order valence-corrected chi connectivity index (χ2v) is 4.80. The summed E-state index contributed by atoms with van der Waals surface area (Å²) in [7, 11) is 0. The van der Waals surface area contributed by atoms with Gasteiger partial charge in [0, 0.05) is 38.6 Å². The Hall–Kier alpha value is -1.66. The van der Waals surface area contributed by atoms with Crippen LogP contribution in [0.3, 0.4) is 0 Å². The van der Waals surface area contributed by atoms with Gasteiger partial charge in [0.25, 0.3) is 5.56 Å². The van der Waals surface area contributed by atoms with E-state index in [1.165, 1.54) is 0 Å². The molecule has 1 fully saturated rings. The van der Waals surface area contributed by atoms with E-state index in [0.29, 0.717) is 18.2 Å². The molecule has 6 heteroatoms. The predicted octanol–water partition coefficient (Wildman–Crippen LogP) is 0.265. The third-order valence-corrected chi connectivity index (χ3v) is 3.46. The van der Waals surface area contributed by atoms with Gasteiger partial charge in [-0.1, -0.05) is 0 Å². The van der Waals surface area contributed by atoms with Crippen LogP contribution in [0.25, 0.3) is 5.52 Å². The standard InChI is InChI=1S/C13H18N4O2/c18-13-12-3-4-15-17(12)8-7-16(13)6-5-14-10-11-2-1-9-19-11/h3-4,7-8,11,14H,1-2,5-6,9-10H2. The second kappa shape index (κ2) is 5.54. The van der Waals surface area contributed by atoms with Crippen molar-refractivity contribution in [1.82, 2.24) is 19.5 Å². The molecule has 3 heterocycles. The number of nitrogens with zero attached hydrogens (tertiary/aromatic N) is 3. The molecule has 0 spiro atoms. The van der Waals surface area contributed by atoms with Gasteiger partial charge < -0.3 is 14.6 Å². The summed E-state index contributed by atoms with van der Waals surface area (Å²) in [5.74, 6) is 0. The zero-order valence-corrected chi connectivity index (χ0v) is 10.8. The molecular weight excluding hydrogens is 244 g/mol. The maximum atomic E-state index is 12.1. The molecule has 0 amide bonds. The Bertz CT molecular complexity index is 598. The van der Waals surface area contributed by atoms with Crippen molar-refractivity contribution < 1.29 is 4.74 Å². The van der Waals surface area contributed by atoms with Crippen molar-refractivity contribution in [2.45, 2.75) is 25.5 Å². The Balaban J connectivity index is 1.56. The SMILES string of the molecule is O=c1c2ccnn2ccn1CCNCC1CCCO1. The first-order valence-corrected chi connectivity index (χ1v) is 6.70. The van der Waals surface area contributed by atoms with Crippen LogP contribution in [0.1, 0.15) is 12.8 Å². The maximum absolute atomic E-state index is 12.1. The van der Waals surface area contributed by atoms with Gasteiger partial charge in [-0.2, -0.15) is 5.10 Å². The summed E-state index contributed by atoms with van der Waals surface area (Å²) in [5, 5.41) is 7.38. The molecule has 6 nitrogen and oxygen atoms in total. The average molecular weight is 262 g/mol. The molecule has 0 saturated carbocycles. The lowest BCUT2D eigenvalue weighted by atomic mass is 10.2. The molecule has 2 aromatic rings. The van der Waals surface area contributed by atoms with Crippen molar-refractivity contribution >= 4 is 5.52 Å². The predicted molar refractivity (Wildman–Crippen MR) is 71.3 cm³/mol. The van der Waals surface area contributed by atoms with E-state index in [-0.39, 0.29) is 5.56 Å². The van der Waals surface area contributed by atoms with Crippen LogP contribution in [0.4, 0.5) is 0 Å². The number of hydrogen-bond acceptors (Lipinski definition) is 4. The highest BCUT2D eigenvalue weighted by Gasteiger charge is 2.14. The summed E-state index contributed by atoms with van der Waals surface area (Å²) in [6.45, 7) is 3.17. The highest BCUT2D eigenvalue weighted by molar-refractivity contribution is 5.42. The van der Waals surface area contributed by atoms with Gasteiger partial charge in [-0.15, -0.1) is 0 Å². The van der Waals surface area contributed by atoms with Crippen LogP contribution in [0.15, 0.2) is 29.5 Å². The van der Waals surface area contributed by atoms with Gasteiger partial charge in [0.1, 0.15) is 5.52 Å². The Morgan fingerprint density at radius 1 is 1.47 bits per heavy atom. The molecule has 1 atom stereocenters. The third-order valence-electron chi connectivity index (χ3n) is 3.46. The van der Waals surface area contributed by atoms with Gasteiger partial charge in [0.05, 0.1) is 12.3 Å². The first-order chi connectivity index (χ1) is 9.34. The fourth-order valence-electron chi connectivity index (χ4n) is 2.40. The lowest BCUT2D eigenvalue weighted by Crippen LogP contribution is -2.31. The summed E-state index contributed by atoms with van der Waals surface area (Å²) in [5.41, 5.74) is 0.612. The van der Waals surface area contributed by atoms with Crippen LogP contribution in [0.2, 0.25) is 0 Å². The lowest BCUT2D eigenvalue weighted by molar-refractivity contribution is 0.110. The number of ether oxygens (including phenoxy) is 1. The van der Waals surface area contributed by atoms with Gasteiger partial charge in [-0.25, -0.2) is 4.52 Å². The van der Waals surface area contributed by atoms with E-state index in [4.69, 9.17) is 4.74 Å². The van der Waals surface area contributed by atoms with Crippen molar-refractivity contribution in [3.8, 4) is 0 Å². The van der Waals surface area contributed by atoms with E-state index < -0.39 is 0 Å². The van der Waals surface area contributed by atoms with Crippen molar-refractivity contribution in [2.24, 2.45) is 0 Å². The Labute approximate surface area is 111 Å². The molecule has 0 aromatic carbocycles. The first-order valence-electron chi connectivity index (χ1n) is 6.70. The molecule has 0 bridgehead atoms. The van der Waals surface area contributed by atoms with Crippen molar-refractivity contribution in [1.29, 1.82) is 0 Å². The van der Waals surface area contributed by atoms with Crippen LogP contribution in [-0.2, 0) is 11.3 Å². The monoisotopic (exact) mass is 262 g/mol. The first kappa shape index (κ1) is 12.4. The van der Waals surface area contributed by atoms with E-state index in [1.807, 2.05) is 0 Å². The third kappa shape index (κ3) is 2.69. The van der Waals surface area contributed by atoms with E-state index >= 15 is 0 Å². The van der Waals surface area contributed by atoms with Crippen molar-refractivity contribution in [2.75, 3.05) is 19.7 Å². The summed E-state index contributed by atoms with van der Waals surface area (Å²) >= 11 is 0. The Kier molecular flexibility index (Phi) is 3.61. The fourth-order valence-corrected chi connectivity index (χ4v) is 2.40. The topological polar surface area (TPSA) is 60.6 Å². The number of nitrogens with one attached hydrogen (secondary N) is 1. The summed E-state index contributed by atoms with van der Waals surface area (Å²) < 4.78 is 8.84. The smallest absolute Gasteiger partial charge is 0.276 e. The minimum atomic E-state index is -0.00100. The summed E-state index contributed by atoms with van der Waals surface area (Å²) in [6, 6.07) is 1.73. The summed E-state index contributed by atoms with van der Waals surface area (Å²) in [4.78, 5) is 12.1. The number of fused-ring (bicyclic) bond motifs is 1. The van der Waals surface area contributed by atoms with E-state index in [1.54, 1.807) is 33.7 Å². The Morgan fingerprint density at radius 3 is 3.26 bits per heavy atom. The molecule has 0 radical (unpaired) electrons. The van der Waals surface area contributed by atoms with E-state index in [0.717, 1.165) is 32.5 Å². The zero-order chi connectivity index (χ0) is 13.1. The summed E-state index contributed by atoms with van der Waals surface area (Å²) in [6.07, 6.45) is 7.84. The molecule has 0 aliphatic carbocycles. The number of rotatable bonds is 5. The minimum absolute atomic E-state index is 0.00100. The van der Waals surface area contributed by atoms with Gasteiger partial charge in [-0.05, 0) is 18.9 Å². The molecule has 2 aromatic heterocycles. The van der Waals surface area contributed by atoms with Gasteiger partial charge in [-0.3, -0.25) is 4.79 Å². The fraction of sp³-hybridized carbons (Fsp3) is 0.538. The van der Waals surface area contributed by atoms with Crippen molar-refractivity contribution in [3.63, 3.8) is 0 Å². The molecule has 1 unspecified atom stereocenters. The Morgan fingerprint density at radius 2 is 2.42 bits per heavy atom. The second-order valence-electron chi connectivity index (χ2n) is 4.80. The molecule has 19 heavy (non-hydrogen) atoms. The maximum Gasteiger partial charge on any atom is 0.276 e. The van der Waals surface area contributed by atoms with Crippen LogP contribution in [-0.4, -0.2) is 40.0 Å². The van der Waals surface area contributed by atoms with Crippen LogP contribution >= 0.6 is 0 Å². The zero-order valence-electron chi connectivity index (χ0n) is 10.8. The average Bonchev–Trinajstić information content (AvgIpc) is 3.08. The molecular formula is C13H18N4O2. The van der Waals surface area contributed by atoms with Crippen LogP contribution < -0.4 is 10.9 Å². The van der Waals surface area contributed by atoms with Crippen LogP contribution in [0, 0.1) is 0 Å². The molecule has 102 valence electrons. The minimum Gasteiger partial charge on any atom is -0.377 e. The van der Waals surface area contributed by atoms with Crippen LogP contribution in [0.5, 0.6) is 0 Å². The lowest BCUT2D eigenvalue weighted by Gasteiger charge is -2.11. The van der Waals surface area contributed by atoms with Gasteiger partial charge in [0.15, 0.2) is 0 Å². The quantitative estimate of drug-likeness (QED) is 0.785. The molecule has 1 N–H and O–H groups in total. The molecule has 1 aliphatic heterocycles. The van der Waals surface area contributed by atoms with E-state index in [2.05, 4.69) is 10.4 Å². The van der Waals surface area contributed by atoms with E-state index in [9.17, 15) is 4.79 Å². The number of hydrogen-bond donors (Lipinski definition) is 1. The number of aromatic nitrogens is 3. The highest BCUT2D eigenvalue weighted by atomic mass is 16.5. The normalized spacial score (nSPS) is 19.3.